The molecule has 0 fully saturated rings. The first-order valence-electron chi connectivity index (χ1n) is 12.4. The molecule has 0 bridgehead atoms. The molecule has 0 atom stereocenters. The summed E-state index contributed by atoms with van der Waals surface area (Å²) in [7, 11) is 0. The summed E-state index contributed by atoms with van der Waals surface area (Å²) in [5.41, 5.74) is 3.88. The summed E-state index contributed by atoms with van der Waals surface area (Å²) in [5, 5.41) is 1.63. The van der Waals surface area contributed by atoms with Crippen molar-refractivity contribution >= 4 is 22.4 Å². The summed E-state index contributed by atoms with van der Waals surface area (Å²) in [6.07, 6.45) is 6.33. The molecule has 4 rings (SSSR count). The average Bonchev–Trinajstić information content (AvgIpc) is 2.87. The molecule has 4 aromatic carbocycles. The Morgan fingerprint density at radius 3 is 2.17 bits per heavy atom. The summed E-state index contributed by atoms with van der Waals surface area (Å²) < 4.78 is 34.6. The van der Waals surface area contributed by atoms with Crippen molar-refractivity contribution < 1.29 is 13.5 Å². The summed E-state index contributed by atoms with van der Waals surface area (Å²) >= 11 is 5.75. The Morgan fingerprint density at radius 2 is 1.40 bits per heavy atom. The standard InChI is InChI=1S/C31H31ClF2O/c1-2-3-4-19-35-27-15-8-22(9-16-27)5-6-23-10-17-28-26(20-23)14-13-25(31(28)34)12-7-24-11-18-29(32)30(33)21-24/h8-11,13-18,20-21H,2-7,12,19H2,1H3. The van der Waals surface area contributed by atoms with E-state index in [2.05, 4.69) is 25.1 Å². The smallest absolute Gasteiger partial charge is 0.142 e. The van der Waals surface area contributed by atoms with Crippen molar-refractivity contribution in [2.45, 2.75) is 51.9 Å². The second-order valence-electron chi connectivity index (χ2n) is 9.04. The summed E-state index contributed by atoms with van der Waals surface area (Å²) in [4.78, 5) is 0. The van der Waals surface area contributed by atoms with Crippen LogP contribution in [-0.2, 0) is 25.7 Å². The van der Waals surface area contributed by atoms with Gasteiger partial charge >= 0.3 is 0 Å². The molecule has 0 N–H and O–H groups in total. The lowest BCUT2D eigenvalue weighted by Gasteiger charge is -2.10. The molecule has 1 nitrogen and oxygen atoms in total. The highest BCUT2D eigenvalue weighted by Crippen LogP contribution is 2.25. The Hall–Kier alpha value is -2.91. The van der Waals surface area contributed by atoms with Gasteiger partial charge in [-0.25, -0.2) is 8.78 Å². The molecule has 0 unspecified atom stereocenters. The van der Waals surface area contributed by atoms with Crippen LogP contribution in [-0.4, -0.2) is 6.61 Å². The van der Waals surface area contributed by atoms with Gasteiger partial charge in [-0.1, -0.05) is 79.9 Å². The van der Waals surface area contributed by atoms with Gasteiger partial charge in [0.1, 0.15) is 17.4 Å². The minimum Gasteiger partial charge on any atom is -0.494 e. The SMILES string of the molecule is CCCCCOc1ccc(CCc2ccc3c(F)c(CCc4ccc(Cl)c(F)c4)ccc3c2)cc1. The fourth-order valence-corrected chi connectivity index (χ4v) is 4.41. The molecule has 0 saturated heterocycles. The summed E-state index contributed by atoms with van der Waals surface area (Å²) in [6, 6.07) is 22.8. The molecule has 0 heterocycles. The van der Waals surface area contributed by atoms with Crippen LogP contribution in [0.2, 0.25) is 5.02 Å². The van der Waals surface area contributed by atoms with Crippen LogP contribution < -0.4 is 4.74 Å². The van der Waals surface area contributed by atoms with Crippen molar-refractivity contribution in [3.05, 3.63) is 112 Å². The zero-order chi connectivity index (χ0) is 24.6. The monoisotopic (exact) mass is 492 g/mol. The highest BCUT2D eigenvalue weighted by molar-refractivity contribution is 6.30. The lowest BCUT2D eigenvalue weighted by atomic mass is 9.97. The van der Waals surface area contributed by atoms with E-state index in [1.807, 2.05) is 36.4 Å². The number of aryl methyl sites for hydroxylation is 4. The van der Waals surface area contributed by atoms with Crippen LogP contribution in [0.3, 0.4) is 0 Å². The normalized spacial score (nSPS) is 11.2. The maximum absolute atomic E-state index is 15.2. The predicted molar refractivity (Wildman–Crippen MR) is 142 cm³/mol. The molecule has 0 radical (unpaired) electrons. The largest absolute Gasteiger partial charge is 0.494 e. The van der Waals surface area contributed by atoms with Crippen LogP contribution in [0.4, 0.5) is 8.78 Å². The third-order valence-corrected chi connectivity index (χ3v) is 6.71. The molecule has 0 aliphatic rings. The second kappa shape index (κ2) is 12.2. The van der Waals surface area contributed by atoms with Crippen LogP contribution in [0.15, 0.2) is 72.8 Å². The van der Waals surface area contributed by atoms with Gasteiger partial charge in [-0.15, -0.1) is 0 Å². The van der Waals surface area contributed by atoms with Gasteiger partial charge in [0.2, 0.25) is 0 Å². The molecule has 0 amide bonds. The van der Waals surface area contributed by atoms with Gasteiger partial charge in [0.15, 0.2) is 0 Å². The third-order valence-electron chi connectivity index (χ3n) is 6.41. The molecule has 0 aromatic heterocycles. The molecule has 0 aliphatic carbocycles. The first-order valence-corrected chi connectivity index (χ1v) is 12.8. The van der Waals surface area contributed by atoms with Gasteiger partial charge in [-0.2, -0.15) is 0 Å². The minimum absolute atomic E-state index is 0.102. The Balaban J connectivity index is 1.35. The van der Waals surface area contributed by atoms with Crippen molar-refractivity contribution in [2.24, 2.45) is 0 Å². The van der Waals surface area contributed by atoms with Crippen LogP contribution in [0.5, 0.6) is 5.75 Å². The Bertz CT molecular complexity index is 1270. The Morgan fingerprint density at radius 1 is 0.714 bits per heavy atom. The van der Waals surface area contributed by atoms with Gasteiger partial charge in [0, 0.05) is 5.39 Å². The van der Waals surface area contributed by atoms with E-state index >= 15 is 4.39 Å². The molecule has 4 heteroatoms. The van der Waals surface area contributed by atoms with E-state index in [0.717, 1.165) is 42.6 Å². The number of ether oxygens (including phenoxy) is 1. The average molecular weight is 493 g/mol. The summed E-state index contributed by atoms with van der Waals surface area (Å²) in [6.45, 7) is 2.95. The first kappa shape index (κ1) is 25.2. The van der Waals surface area contributed by atoms with Crippen molar-refractivity contribution in [3.63, 3.8) is 0 Å². The van der Waals surface area contributed by atoms with Crippen LogP contribution in [0.1, 0.15) is 48.4 Å². The van der Waals surface area contributed by atoms with Crippen molar-refractivity contribution in [1.82, 2.24) is 0 Å². The third kappa shape index (κ3) is 6.82. The molecule has 35 heavy (non-hydrogen) atoms. The van der Waals surface area contributed by atoms with E-state index in [-0.39, 0.29) is 10.8 Å². The molecular formula is C31H31ClF2O. The van der Waals surface area contributed by atoms with Crippen LogP contribution in [0.25, 0.3) is 10.8 Å². The van der Waals surface area contributed by atoms with E-state index in [0.29, 0.717) is 23.8 Å². The second-order valence-corrected chi connectivity index (χ2v) is 9.45. The molecule has 0 spiro atoms. The fourth-order valence-electron chi connectivity index (χ4n) is 4.29. The van der Waals surface area contributed by atoms with Crippen molar-refractivity contribution in [3.8, 4) is 5.75 Å². The number of hydrogen-bond donors (Lipinski definition) is 0. The van der Waals surface area contributed by atoms with E-state index in [4.69, 9.17) is 16.3 Å². The van der Waals surface area contributed by atoms with E-state index in [1.165, 1.54) is 30.0 Å². The Labute approximate surface area is 211 Å². The number of fused-ring (bicyclic) bond motifs is 1. The highest BCUT2D eigenvalue weighted by Gasteiger charge is 2.10. The predicted octanol–water partition coefficient (Wildman–Crippen LogP) is 8.91. The molecule has 4 aromatic rings. The van der Waals surface area contributed by atoms with Crippen molar-refractivity contribution in [2.75, 3.05) is 6.61 Å². The molecule has 0 saturated carbocycles. The van der Waals surface area contributed by atoms with Gasteiger partial charge in [0.05, 0.1) is 11.6 Å². The lowest BCUT2D eigenvalue weighted by molar-refractivity contribution is 0.306. The molecular weight excluding hydrogens is 462 g/mol. The molecule has 0 aliphatic heterocycles. The van der Waals surface area contributed by atoms with Crippen molar-refractivity contribution in [1.29, 1.82) is 0 Å². The fraction of sp³-hybridized carbons (Fsp3) is 0.290. The van der Waals surface area contributed by atoms with Crippen LogP contribution in [0, 0.1) is 11.6 Å². The number of rotatable bonds is 11. The van der Waals surface area contributed by atoms with Crippen LogP contribution >= 0.6 is 11.6 Å². The number of halogens is 3. The van der Waals surface area contributed by atoms with Gasteiger partial charge < -0.3 is 4.74 Å². The zero-order valence-electron chi connectivity index (χ0n) is 20.1. The quantitative estimate of drug-likeness (QED) is 0.190. The van der Waals surface area contributed by atoms with E-state index in [9.17, 15) is 4.39 Å². The zero-order valence-corrected chi connectivity index (χ0v) is 20.9. The number of benzene rings is 4. The minimum atomic E-state index is -0.442. The molecule has 182 valence electrons. The van der Waals surface area contributed by atoms with Gasteiger partial charge in [-0.05, 0) is 84.0 Å². The first-order chi connectivity index (χ1) is 17.0. The highest BCUT2D eigenvalue weighted by atomic mass is 35.5. The van der Waals surface area contributed by atoms with E-state index in [1.54, 1.807) is 12.1 Å². The maximum Gasteiger partial charge on any atom is 0.142 e. The Kier molecular flexibility index (Phi) is 8.76. The van der Waals surface area contributed by atoms with E-state index < -0.39 is 5.82 Å². The maximum atomic E-state index is 15.2. The van der Waals surface area contributed by atoms with Gasteiger partial charge in [-0.3, -0.25) is 0 Å². The summed E-state index contributed by atoms with van der Waals surface area (Å²) in [5.74, 6) is 0.281. The topological polar surface area (TPSA) is 9.23 Å². The lowest BCUT2D eigenvalue weighted by Crippen LogP contribution is -1.98. The number of unbranched alkanes of at least 4 members (excludes halogenated alkanes) is 2. The van der Waals surface area contributed by atoms with Gasteiger partial charge in [0.25, 0.3) is 0 Å². The number of hydrogen-bond acceptors (Lipinski definition) is 1.